The van der Waals surface area contributed by atoms with E-state index in [0.717, 1.165) is 67.1 Å². The molecule has 0 bridgehead atoms. The Kier molecular flexibility index (Phi) is 8.16. The third kappa shape index (κ3) is 6.07. The van der Waals surface area contributed by atoms with E-state index in [1.807, 2.05) is 62.2 Å². The summed E-state index contributed by atoms with van der Waals surface area (Å²) in [6, 6.07) is 16.1. The number of amides is 1. The Morgan fingerprint density at radius 2 is 1.71 bits per heavy atom. The Labute approximate surface area is 214 Å². The third-order valence-corrected chi connectivity index (χ3v) is 6.99. The summed E-state index contributed by atoms with van der Waals surface area (Å²) >= 11 is 6.15. The van der Waals surface area contributed by atoms with Crippen LogP contribution in [0.3, 0.4) is 0 Å². The van der Waals surface area contributed by atoms with Gasteiger partial charge in [-0.15, -0.1) is 0 Å². The monoisotopic (exact) mass is 493 g/mol. The van der Waals surface area contributed by atoms with Gasteiger partial charge in [0.15, 0.2) is 0 Å². The van der Waals surface area contributed by atoms with Crippen LogP contribution in [0.1, 0.15) is 16.9 Å². The maximum absolute atomic E-state index is 13.5. The molecule has 1 saturated heterocycles. The maximum Gasteiger partial charge on any atom is 0.268 e. The van der Waals surface area contributed by atoms with Gasteiger partial charge in [-0.25, -0.2) is 0 Å². The number of aryl methyl sites for hydroxylation is 1. The maximum atomic E-state index is 13.5. The van der Waals surface area contributed by atoms with Crippen molar-refractivity contribution in [3.63, 3.8) is 0 Å². The Hall–Kier alpha value is -2.80. The molecule has 186 valence electrons. The molecule has 6 nitrogen and oxygen atoms in total. The lowest BCUT2D eigenvalue weighted by atomic mass is 9.96. The van der Waals surface area contributed by atoms with E-state index in [9.17, 15) is 4.79 Å². The molecule has 7 heteroatoms. The summed E-state index contributed by atoms with van der Waals surface area (Å²) in [5.41, 5.74) is 5.77. The highest BCUT2D eigenvalue weighted by atomic mass is 35.5. The fraction of sp³-hybridized carbons (Fsp3) is 0.393. The van der Waals surface area contributed by atoms with Gasteiger partial charge in [-0.05, 0) is 55.4 Å². The standard InChI is InChI=1S/C28H36ClN5O/c1-31(2)24-8-5-7-22(19-24)26-25(21-9-11-23(29)12-10-21)20-33(4)27(26)28(35)30-13-6-14-34-17-15-32(3)16-18-34/h5,7-12,19-20H,6,13-18H2,1-4H3,(H,30,35). The molecule has 0 spiro atoms. The molecule has 35 heavy (non-hydrogen) atoms. The Morgan fingerprint density at radius 3 is 2.40 bits per heavy atom. The van der Waals surface area contributed by atoms with Gasteiger partial charge in [0.05, 0.1) is 0 Å². The van der Waals surface area contributed by atoms with Crippen LogP contribution in [0.15, 0.2) is 54.7 Å². The van der Waals surface area contributed by atoms with Gasteiger partial charge in [-0.3, -0.25) is 4.79 Å². The first kappa shape index (κ1) is 25.3. The molecule has 0 aliphatic carbocycles. The van der Waals surface area contributed by atoms with E-state index in [-0.39, 0.29) is 5.91 Å². The molecule has 4 rings (SSSR count). The molecule has 0 radical (unpaired) electrons. The first-order valence-electron chi connectivity index (χ1n) is 12.3. The van der Waals surface area contributed by atoms with E-state index in [2.05, 4.69) is 45.3 Å². The predicted octanol–water partition coefficient (Wildman–Crippen LogP) is 4.45. The molecule has 1 fully saturated rings. The lowest BCUT2D eigenvalue weighted by Gasteiger charge is -2.32. The van der Waals surface area contributed by atoms with Crippen molar-refractivity contribution in [2.45, 2.75) is 6.42 Å². The minimum Gasteiger partial charge on any atom is -0.378 e. The third-order valence-electron chi connectivity index (χ3n) is 6.74. The van der Waals surface area contributed by atoms with Crippen molar-refractivity contribution >= 4 is 23.2 Å². The molecule has 2 aromatic carbocycles. The molecule has 1 aromatic heterocycles. The number of hydrogen-bond acceptors (Lipinski definition) is 4. The van der Waals surface area contributed by atoms with Gasteiger partial charge in [0.1, 0.15) is 5.69 Å². The smallest absolute Gasteiger partial charge is 0.268 e. The zero-order valence-electron chi connectivity index (χ0n) is 21.2. The number of piperazine rings is 1. The van der Waals surface area contributed by atoms with Crippen molar-refractivity contribution in [2.75, 3.05) is 65.3 Å². The zero-order valence-corrected chi connectivity index (χ0v) is 22.0. The van der Waals surface area contributed by atoms with Crippen molar-refractivity contribution < 1.29 is 4.79 Å². The Morgan fingerprint density at radius 1 is 1.00 bits per heavy atom. The minimum atomic E-state index is -0.0450. The van der Waals surface area contributed by atoms with Gasteiger partial charge in [0.25, 0.3) is 5.91 Å². The molecule has 0 atom stereocenters. The van der Waals surface area contributed by atoms with Gasteiger partial charge in [-0.1, -0.05) is 35.9 Å². The number of anilines is 1. The van der Waals surface area contributed by atoms with Crippen LogP contribution < -0.4 is 10.2 Å². The summed E-state index contributed by atoms with van der Waals surface area (Å²) < 4.78 is 1.94. The molecule has 1 aliphatic heterocycles. The van der Waals surface area contributed by atoms with Gasteiger partial charge < -0.3 is 24.6 Å². The van der Waals surface area contributed by atoms with Crippen molar-refractivity contribution in [2.24, 2.45) is 7.05 Å². The van der Waals surface area contributed by atoms with Crippen molar-refractivity contribution in [1.82, 2.24) is 19.7 Å². The van der Waals surface area contributed by atoms with E-state index in [0.29, 0.717) is 17.3 Å². The van der Waals surface area contributed by atoms with Crippen LogP contribution in [0.25, 0.3) is 22.3 Å². The molecule has 2 heterocycles. The summed E-state index contributed by atoms with van der Waals surface area (Å²) in [6.07, 6.45) is 2.98. The largest absolute Gasteiger partial charge is 0.378 e. The first-order valence-corrected chi connectivity index (χ1v) is 12.6. The van der Waals surface area contributed by atoms with Crippen LogP contribution in [-0.4, -0.2) is 80.7 Å². The normalized spacial score (nSPS) is 14.8. The number of halogens is 1. The van der Waals surface area contributed by atoms with Crippen LogP contribution in [0.5, 0.6) is 0 Å². The lowest BCUT2D eigenvalue weighted by molar-refractivity contribution is 0.0942. The number of nitrogens with one attached hydrogen (secondary N) is 1. The van der Waals surface area contributed by atoms with Crippen LogP contribution in [0.4, 0.5) is 5.69 Å². The summed E-state index contributed by atoms with van der Waals surface area (Å²) in [5.74, 6) is -0.0450. The second kappa shape index (κ2) is 11.3. The van der Waals surface area contributed by atoms with Gasteiger partial charge >= 0.3 is 0 Å². The van der Waals surface area contributed by atoms with Gasteiger partial charge in [0, 0.05) is 81.9 Å². The number of rotatable bonds is 8. The summed E-state index contributed by atoms with van der Waals surface area (Å²) in [4.78, 5) is 20.4. The van der Waals surface area contributed by atoms with Gasteiger partial charge in [-0.2, -0.15) is 0 Å². The number of hydrogen-bond donors (Lipinski definition) is 1. The number of nitrogens with zero attached hydrogens (tertiary/aromatic N) is 4. The van der Waals surface area contributed by atoms with Crippen LogP contribution >= 0.6 is 11.6 Å². The molecular weight excluding hydrogens is 458 g/mol. The average Bonchev–Trinajstić information content (AvgIpc) is 3.20. The van der Waals surface area contributed by atoms with Crippen LogP contribution in [0.2, 0.25) is 5.02 Å². The highest BCUT2D eigenvalue weighted by Gasteiger charge is 2.23. The first-order chi connectivity index (χ1) is 16.8. The molecule has 1 aliphatic rings. The summed E-state index contributed by atoms with van der Waals surface area (Å²) in [5, 5.41) is 3.87. The second-order valence-corrected chi connectivity index (χ2v) is 10.0. The van der Waals surface area contributed by atoms with E-state index in [1.165, 1.54) is 0 Å². The van der Waals surface area contributed by atoms with E-state index in [1.54, 1.807) is 0 Å². The van der Waals surface area contributed by atoms with Gasteiger partial charge in [0.2, 0.25) is 0 Å². The fourth-order valence-corrected chi connectivity index (χ4v) is 4.77. The van der Waals surface area contributed by atoms with Crippen molar-refractivity contribution in [3.05, 3.63) is 65.4 Å². The van der Waals surface area contributed by atoms with E-state index in [4.69, 9.17) is 11.6 Å². The molecule has 1 amide bonds. The highest BCUT2D eigenvalue weighted by Crippen LogP contribution is 2.38. The number of carbonyl (C=O) groups excluding carboxylic acids is 1. The average molecular weight is 494 g/mol. The van der Waals surface area contributed by atoms with E-state index >= 15 is 0 Å². The molecular formula is C28H36ClN5O. The number of benzene rings is 2. The highest BCUT2D eigenvalue weighted by molar-refractivity contribution is 6.30. The SMILES string of the molecule is CN1CCN(CCCNC(=O)c2c(-c3cccc(N(C)C)c3)c(-c3ccc(Cl)cc3)cn2C)CC1. The molecule has 1 N–H and O–H groups in total. The van der Waals surface area contributed by atoms with Crippen LogP contribution in [0, 0.1) is 0 Å². The Bertz CT molecular complexity index is 1150. The Balaban J connectivity index is 1.59. The summed E-state index contributed by atoms with van der Waals surface area (Å²) in [6.45, 7) is 6.08. The number of aromatic nitrogens is 1. The quantitative estimate of drug-likeness (QED) is 0.471. The minimum absolute atomic E-state index is 0.0450. The fourth-order valence-electron chi connectivity index (χ4n) is 4.64. The zero-order chi connectivity index (χ0) is 24.9. The predicted molar refractivity (Wildman–Crippen MR) is 147 cm³/mol. The lowest BCUT2D eigenvalue weighted by Crippen LogP contribution is -2.45. The molecule has 0 unspecified atom stereocenters. The second-order valence-electron chi connectivity index (χ2n) is 9.58. The number of carbonyl (C=O) groups is 1. The van der Waals surface area contributed by atoms with Crippen molar-refractivity contribution in [3.8, 4) is 22.3 Å². The molecule has 3 aromatic rings. The number of likely N-dealkylation sites (N-methyl/N-ethyl adjacent to an activating group) is 1. The van der Waals surface area contributed by atoms with Crippen LogP contribution in [-0.2, 0) is 7.05 Å². The van der Waals surface area contributed by atoms with E-state index < -0.39 is 0 Å². The molecule has 0 saturated carbocycles. The van der Waals surface area contributed by atoms with Crippen molar-refractivity contribution in [1.29, 1.82) is 0 Å². The summed E-state index contributed by atoms with van der Waals surface area (Å²) in [7, 11) is 8.16. The topological polar surface area (TPSA) is 43.8 Å².